The Labute approximate surface area is 107 Å². The lowest BCUT2D eigenvalue weighted by atomic mass is 10.1. The topological polar surface area (TPSA) is 49.3 Å². The molecule has 0 aliphatic rings. The Balaban J connectivity index is 2.48. The van der Waals surface area contributed by atoms with Gasteiger partial charge in [-0.2, -0.15) is 11.8 Å². The molecule has 1 aromatic carbocycles. The van der Waals surface area contributed by atoms with Crippen molar-refractivity contribution in [1.29, 1.82) is 0 Å². The predicted octanol–water partition coefficient (Wildman–Crippen LogP) is 2.29. The van der Waals surface area contributed by atoms with E-state index < -0.39 is 12.0 Å². The number of carbonyl (C=O) groups is 1. The molecule has 4 heteroatoms. The molecule has 2 N–H and O–H groups in total. The average molecular weight is 253 g/mol. The van der Waals surface area contributed by atoms with Crippen molar-refractivity contribution in [2.24, 2.45) is 0 Å². The molecule has 0 aliphatic carbocycles. The molecule has 0 saturated heterocycles. The Bertz CT molecular complexity index is 368. The van der Waals surface area contributed by atoms with Gasteiger partial charge < -0.3 is 10.4 Å². The third-order valence-corrected chi connectivity index (χ3v) is 3.19. The van der Waals surface area contributed by atoms with E-state index in [-0.39, 0.29) is 0 Å². The van der Waals surface area contributed by atoms with E-state index in [9.17, 15) is 4.79 Å². The molecular formula is C13H19NO2S. The second-order valence-electron chi connectivity index (χ2n) is 4.04. The molecule has 94 valence electrons. The summed E-state index contributed by atoms with van der Waals surface area (Å²) in [5, 5.41) is 12.1. The smallest absolute Gasteiger partial charge is 0.320 e. The summed E-state index contributed by atoms with van der Waals surface area (Å²) in [6, 6.07) is 7.65. The van der Waals surface area contributed by atoms with Crippen LogP contribution >= 0.6 is 11.8 Å². The number of hydrogen-bond acceptors (Lipinski definition) is 3. The summed E-state index contributed by atoms with van der Waals surface area (Å²) in [5.74, 6) is 0.0873. The zero-order valence-electron chi connectivity index (χ0n) is 10.3. The number of carboxylic acids is 1. The maximum atomic E-state index is 11.0. The number of hydrogen-bond donors (Lipinski definition) is 2. The third kappa shape index (κ3) is 5.24. The van der Waals surface area contributed by atoms with Gasteiger partial charge >= 0.3 is 5.97 Å². The van der Waals surface area contributed by atoms with E-state index in [0.29, 0.717) is 13.0 Å². The number of thioether (sulfide) groups is 1. The molecule has 17 heavy (non-hydrogen) atoms. The SMILES string of the molecule is CSCC[C@@H](NCc1cccc(C)c1)C(=O)O. The second kappa shape index (κ2) is 7.35. The lowest BCUT2D eigenvalue weighted by molar-refractivity contribution is -0.139. The standard InChI is InChI=1S/C13H19NO2S/c1-10-4-3-5-11(8-10)9-14-12(13(15)16)6-7-17-2/h3-5,8,12,14H,6-7,9H2,1-2H3,(H,15,16)/t12-/m1/s1. The Morgan fingerprint density at radius 3 is 2.88 bits per heavy atom. The minimum Gasteiger partial charge on any atom is -0.480 e. The third-order valence-electron chi connectivity index (χ3n) is 2.54. The lowest BCUT2D eigenvalue weighted by Crippen LogP contribution is -2.36. The fourth-order valence-electron chi connectivity index (χ4n) is 1.61. The van der Waals surface area contributed by atoms with Crippen molar-refractivity contribution in [3.8, 4) is 0 Å². The van der Waals surface area contributed by atoms with Gasteiger partial charge in [0.15, 0.2) is 0 Å². The number of nitrogens with one attached hydrogen (secondary N) is 1. The largest absolute Gasteiger partial charge is 0.480 e. The molecular weight excluding hydrogens is 234 g/mol. The monoisotopic (exact) mass is 253 g/mol. The van der Waals surface area contributed by atoms with Crippen LogP contribution in [0.4, 0.5) is 0 Å². The van der Waals surface area contributed by atoms with Crippen molar-refractivity contribution in [1.82, 2.24) is 5.32 Å². The molecule has 0 amide bonds. The van der Waals surface area contributed by atoms with E-state index in [0.717, 1.165) is 11.3 Å². The summed E-state index contributed by atoms with van der Waals surface area (Å²) >= 11 is 1.67. The van der Waals surface area contributed by atoms with Crippen LogP contribution in [0.3, 0.4) is 0 Å². The van der Waals surface area contributed by atoms with Gasteiger partial charge in [0.2, 0.25) is 0 Å². The number of rotatable bonds is 7. The van der Waals surface area contributed by atoms with Crippen LogP contribution < -0.4 is 5.32 Å². The highest BCUT2D eigenvalue weighted by Gasteiger charge is 2.15. The van der Waals surface area contributed by atoms with E-state index in [1.54, 1.807) is 11.8 Å². The molecule has 3 nitrogen and oxygen atoms in total. The van der Waals surface area contributed by atoms with E-state index in [4.69, 9.17) is 5.11 Å². The highest BCUT2D eigenvalue weighted by molar-refractivity contribution is 7.98. The van der Waals surface area contributed by atoms with Crippen LogP contribution in [0.2, 0.25) is 0 Å². The van der Waals surface area contributed by atoms with Gasteiger partial charge in [0.25, 0.3) is 0 Å². The Morgan fingerprint density at radius 1 is 1.53 bits per heavy atom. The summed E-state index contributed by atoms with van der Waals surface area (Å²) in [6.07, 6.45) is 2.64. The molecule has 0 heterocycles. The van der Waals surface area contributed by atoms with E-state index >= 15 is 0 Å². The normalized spacial score (nSPS) is 12.4. The van der Waals surface area contributed by atoms with Gasteiger partial charge in [-0.05, 0) is 30.9 Å². The zero-order chi connectivity index (χ0) is 12.7. The van der Waals surface area contributed by atoms with Crippen LogP contribution in [0.15, 0.2) is 24.3 Å². The van der Waals surface area contributed by atoms with Gasteiger partial charge in [-0.3, -0.25) is 4.79 Å². The quantitative estimate of drug-likeness (QED) is 0.783. The van der Waals surface area contributed by atoms with E-state index in [1.165, 1.54) is 5.56 Å². The van der Waals surface area contributed by atoms with Crippen LogP contribution in [-0.2, 0) is 11.3 Å². The van der Waals surface area contributed by atoms with Crippen LogP contribution in [0.1, 0.15) is 17.5 Å². The van der Waals surface area contributed by atoms with Crippen molar-refractivity contribution in [2.75, 3.05) is 12.0 Å². The number of aryl methyl sites for hydroxylation is 1. The molecule has 0 saturated carbocycles. The fraction of sp³-hybridized carbons (Fsp3) is 0.462. The van der Waals surface area contributed by atoms with Gasteiger partial charge in [0.05, 0.1) is 0 Å². The summed E-state index contributed by atoms with van der Waals surface area (Å²) in [7, 11) is 0. The average Bonchev–Trinajstić information content (AvgIpc) is 2.28. The highest BCUT2D eigenvalue weighted by atomic mass is 32.2. The van der Waals surface area contributed by atoms with Gasteiger partial charge in [-0.1, -0.05) is 29.8 Å². The van der Waals surface area contributed by atoms with Crippen molar-refractivity contribution in [3.63, 3.8) is 0 Å². The van der Waals surface area contributed by atoms with Gasteiger partial charge in [-0.15, -0.1) is 0 Å². The molecule has 0 spiro atoms. The van der Waals surface area contributed by atoms with Gasteiger partial charge in [0, 0.05) is 6.54 Å². The molecule has 1 rings (SSSR count). The molecule has 0 unspecified atom stereocenters. The summed E-state index contributed by atoms with van der Waals surface area (Å²) in [6.45, 7) is 2.64. The second-order valence-corrected chi connectivity index (χ2v) is 5.03. The van der Waals surface area contributed by atoms with Crippen LogP contribution in [-0.4, -0.2) is 29.1 Å². The van der Waals surface area contributed by atoms with Crippen molar-refractivity contribution in [2.45, 2.75) is 25.9 Å². The highest BCUT2D eigenvalue weighted by Crippen LogP contribution is 2.06. The molecule has 0 aromatic heterocycles. The minimum atomic E-state index is -0.772. The van der Waals surface area contributed by atoms with E-state index in [1.807, 2.05) is 31.4 Å². The Morgan fingerprint density at radius 2 is 2.29 bits per heavy atom. The summed E-state index contributed by atoms with van der Waals surface area (Å²) in [5.41, 5.74) is 2.32. The first kappa shape index (κ1) is 14.1. The van der Waals surface area contributed by atoms with E-state index in [2.05, 4.69) is 11.4 Å². The first-order chi connectivity index (χ1) is 8.13. The van der Waals surface area contributed by atoms with Crippen molar-refractivity contribution < 1.29 is 9.90 Å². The predicted molar refractivity (Wildman–Crippen MR) is 72.4 cm³/mol. The van der Waals surface area contributed by atoms with Crippen LogP contribution in [0, 0.1) is 6.92 Å². The lowest BCUT2D eigenvalue weighted by Gasteiger charge is -2.14. The zero-order valence-corrected chi connectivity index (χ0v) is 11.1. The maximum absolute atomic E-state index is 11.0. The molecule has 1 atom stereocenters. The maximum Gasteiger partial charge on any atom is 0.320 e. The molecule has 1 aromatic rings. The molecule has 0 aliphatic heterocycles. The number of aliphatic carboxylic acids is 1. The van der Waals surface area contributed by atoms with Gasteiger partial charge in [-0.25, -0.2) is 0 Å². The van der Waals surface area contributed by atoms with Crippen LogP contribution in [0.5, 0.6) is 0 Å². The number of benzene rings is 1. The molecule has 0 fully saturated rings. The fourth-order valence-corrected chi connectivity index (χ4v) is 2.08. The minimum absolute atomic E-state index is 0.456. The van der Waals surface area contributed by atoms with Crippen molar-refractivity contribution in [3.05, 3.63) is 35.4 Å². The molecule has 0 radical (unpaired) electrons. The van der Waals surface area contributed by atoms with Crippen molar-refractivity contribution >= 4 is 17.7 Å². The first-order valence-corrected chi connectivity index (χ1v) is 7.03. The van der Waals surface area contributed by atoms with Crippen LogP contribution in [0.25, 0.3) is 0 Å². The Kier molecular flexibility index (Phi) is 6.08. The van der Waals surface area contributed by atoms with Gasteiger partial charge in [0.1, 0.15) is 6.04 Å². The first-order valence-electron chi connectivity index (χ1n) is 5.64. The summed E-state index contributed by atoms with van der Waals surface area (Å²) in [4.78, 5) is 11.0. The Hall–Kier alpha value is -1.00. The number of carboxylic acid groups (broad SMARTS) is 1. The summed E-state index contributed by atoms with van der Waals surface area (Å²) < 4.78 is 0. The molecule has 0 bridgehead atoms.